The number of nitrogen functional groups attached to an aromatic ring is 3. The second-order valence-electron chi connectivity index (χ2n) is 11.8. The lowest BCUT2D eigenvalue weighted by Crippen LogP contribution is -3.00. The van der Waals surface area contributed by atoms with Gasteiger partial charge < -0.3 is 34.9 Å². The van der Waals surface area contributed by atoms with Gasteiger partial charge in [-0.1, -0.05) is 112 Å². The Labute approximate surface area is 353 Å². The van der Waals surface area contributed by atoms with Crippen molar-refractivity contribution in [2.45, 2.75) is 12.4 Å². The zero-order valence-corrected chi connectivity index (χ0v) is 33.7. The highest BCUT2D eigenvalue weighted by Gasteiger charge is 2.15. The number of anilines is 4. The van der Waals surface area contributed by atoms with Gasteiger partial charge in [0.25, 0.3) is 0 Å². The summed E-state index contributed by atoms with van der Waals surface area (Å²) in [4.78, 5) is 23.9. The molecule has 0 amide bonds. The van der Waals surface area contributed by atoms with Crippen LogP contribution in [-0.2, 0) is 12.4 Å². The number of nitrogens with zero attached hydrogens (tertiary/aromatic N) is 5. The first-order valence-corrected chi connectivity index (χ1v) is 18.6. The fourth-order valence-corrected chi connectivity index (χ4v) is 6.60. The summed E-state index contributed by atoms with van der Waals surface area (Å²) in [6.07, 6.45) is 2.87. The lowest BCUT2D eigenvalue weighted by atomic mass is 10.0. The third-order valence-corrected chi connectivity index (χ3v) is 9.61. The molecule has 0 saturated heterocycles. The predicted molar refractivity (Wildman–Crippen MR) is 227 cm³/mol. The summed E-state index contributed by atoms with van der Waals surface area (Å²) < 4.78 is 0. The van der Waals surface area contributed by atoms with Gasteiger partial charge >= 0.3 is 0 Å². The number of nitrogens with one attached hydrogen (secondary N) is 2. The van der Waals surface area contributed by atoms with E-state index in [0.717, 1.165) is 55.4 Å². The summed E-state index contributed by atoms with van der Waals surface area (Å²) in [5.74, 6) is 2.37. The van der Waals surface area contributed by atoms with Crippen LogP contribution in [0.1, 0.15) is 11.1 Å². The molecule has 0 aliphatic carbocycles. The summed E-state index contributed by atoms with van der Waals surface area (Å²) in [7, 11) is 0. The lowest BCUT2D eigenvalue weighted by Gasteiger charge is -2.14. The Hall–Kier alpha value is -5.20. The van der Waals surface area contributed by atoms with Gasteiger partial charge in [0, 0.05) is 50.4 Å². The summed E-state index contributed by atoms with van der Waals surface area (Å²) in [5, 5.41) is 7.70. The Morgan fingerprint density at radius 3 is 1.59 bits per heavy atom. The number of alkyl halides is 1. The van der Waals surface area contributed by atoms with Crippen molar-refractivity contribution >= 4 is 103 Å². The maximum atomic E-state index is 6.43. The average Bonchev–Trinajstić information content (AvgIpc) is 3.18. The smallest absolute Gasteiger partial charge is 0.225 e. The van der Waals surface area contributed by atoms with E-state index in [1.807, 2.05) is 91.0 Å². The Kier molecular flexibility index (Phi) is 14.7. The molecule has 8 rings (SSSR count). The second kappa shape index (κ2) is 19.6. The predicted octanol–water partition coefficient (Wildman–Crippen LogP) is 7.20. The van der Waals surface area contributed by atoms with Crippen LogP contribution in [0.4, 0.5) is 23.3 Å². The minimum absolute atomic E-state index is 0. The second-order valence-corrected chi connectivity index (χ2v) is 13.7. The van der Waals surface area contributed by atoms with Gasteiger partial charge in [-0.05, 0) is 47.5 Å². The number of rotatable bonds is 6. The number of para-hydroxylation sites is 2. The van der Waals surface area contributed by atoms with Gasteiger partial charge in [-0.2, -0.15) is 0 Å². The van der Waals surface area contributed by atoms with Gasteiger partial charge in [-0.15, -0.1) is 11.6 Å². The number of hydrogen-bond donors (Lipinski definition) is 4. The maximum Gasteiger partial charge on any atom is 0.225 e. The van der Waals surface area contributed by atoms with Crippen LogP contribution in [0, 0.1) is 0 Å². The number of aromatic amines is 1. The van der Waals surface area contributed by atoms with Crippen molar-refractivity contribution in [1.29, 1.82) is 0 Å². The number of fused-ring (bicyclic) bond motifs is 2. The minimum atomic E-state index is 0. The number of pyridine rings is 2. The average molecular weight is 865 g/mol. The molecule has 8 N–H and O–H groups in total. The highest BCUT2D eigenvalue weighted by molar-refractivity contribution is 6.36. The molecule has 16 heteroatoms. The highest BCUT2D eigenvalue weighted by Crippen LogP contribution is 2.35. The standard InChI is InChI=1S/C20H15Cl2N5.C16H10Cl3N.C4H6N4.ClH/c21-15-6-2-1-5-14(15)19-13(10-24-18-9-17(23)25-11-26-18)8-12-4-3-7-16(22)20(12)27-19;17-9-11-8-10-4-3-7-14(19)16(10)20-15(11)12-5-1-2-6-13(12)18;5-3-1-4(6)8-2-7-3;/h1-9,11H,10H2,(H3,23,24,25,26);1-8H,9H2;1-2H,(H4,5,6,7,8);1H. The molecular formula is C40H32Cl6N10. The quantitative estimate of drug-likeness (QED) is 0.126. The molecule has 10 nitrogen and oxygen atoms in total. The summed E-state index contributed by atoms with van der Waals surface area (Å²) in [5.41, 5.74) is 22.9. The van der Waals surface area contributed by atoms with Crippen molar-refractivity contribution in [3.8, 4) is 22.5 Å². The van der Waals surface area contributed by atoms with Gasteiger partial charge in [0.15, 0.2) is 0 Å². The number of nitrogens with two attached hydrogens (primary N) is 3. The van der Waals surface area contributed by atoms with E-state index in [0.29, 0.717) is 55.8 Å². The van der Waals surface area contributed by atoms with Crippen LogP contribution in [0.15, 0.2) is 122 Å². The maximum absolute atomic E-state index is 6.43. The van der Waals surface area contributed by atoms with Crippen LogP contribution in [0.5, 0.6) is 0 Å². The molecular weight excluding hydrogens is 833 g/mol. The third-order valence-electron chi connectivity index (χ3n) is 8.05. The molecule has 284 valence electrons. The monoisotopic (exact) mass is 862 g/mol. The van der Waals surface area contributed by atoms with Crippen LogP contribution >= 0.6 is 58.0 Å². The van der Waals surface area contributed by atoms with E-state index in [1.54, 1.807) is 12.1 Å². The molecule has 0 unspecified atom stereocenters. The number of hydrogen-bond acceptors (Lipinski definition) is 9. The Balaban J connectivity index is 0.000000181. The van der Waals surface area contributed by atoms with E-state index >= 15 is 0 Å². The molecule has 0 spiro atoms. The van der Waals surface area contributed by atoms with Gasteiger partial charge in [-0.25, -0.2) is 19.9 Å². The Bertz CT molecular complexity index is 2590. The number of aromatic nitrogens is 6. The molecule has 56 heavy (non-hydrogen) atoms. The number of halogens is 6. The van der Waals surface area contributed by atoms with E-state index in [4.69, 9.17) is 80.2 Å². The van der Waals surface area contributed by atoms with Crippen molar-refractivity contribution in [2.24, 2.45) is 0 Å². The summed E-state index contributed by atoms with van der Waals surface area (Å²) >= 11 is 31.3. The molecule has 8 aromatic rings. The Morgan fingerprint density at radius 2 is 1.09 bits per heavy atom. The number of benzene rings is 4. The van der Waals surface area contributed by atoms with E-state index in [-0.39, 0.29) is 12.4 Å². The largest absolute Gasteiger partial charge is 1.00 e. The summed E-state index contributed by atoms with van der Waals surface area (Å²) in [6.45, 7) is 0.493. The Morgan fingerprint density at radius 1 is 0.571 bits per heavy atom. The zero-order chi connectivity index (χ0) is 38.9. The first-order valence-electron chi connectivity index (χ1n) is 16.5. The molecule has 0 radical (unpaired) electrons. The molecule has 0 bridgehead atoms. The summed E-state index contributed by atoms with van der Waals surface area (Å²) in [6, 6.07) is 33.9. The first-order chi connectivity index (χ1) is 26.6. The van der Waals surface area contributed by atoms with Crippen LogP contribution in [-0.4, -0.2) is 24.9 Å². The number of H-pyrrole nitrogens is 1. The van der Waals surface area contributed by atoms with Gasteiger partial charge in [0.1, 0.15) is 18.0 Å². The van der Waals surface area contributed by atoms with Crippen molar-refractivity contribution in [2.75, 3.05) is 22.5 Å². The SMILES string of the molecule is ClCc1cc2cccc(Cl)c2nc1-c1ccccc1Cl.Nc1cc(N)[nH+]cn1.Nc1cc(NCc2cc3cccc(Cl)c3nc2-c2ccccc2Cl)ncn1.[Cl-]. The van der Waals surface area contributed by atoms with Crippen LogP contribution in [0.25, 0.3) is 44.3 Å². The third kappa shape index (κ3) is 10.3. The fourth-order valence-electron chi connectivity index (χ4n) is 5.50. The molecule has 4 heterocycles. The molecule has 0 aliphatic rings. The van der Waals surface area contributed by atoms with Crippen LogP contribution in [0.2, 0.25) is 20.1 Å². The molecule has 0 fully saturated rings. The fraction of sp³-hybridized carbons (Fsp3) is 0.0500. The molecule has 4 aromatic carbocycles. The van der Waals surface area contributed by atoms with E-state index in [1.165, 1.54) is 12.7 Å². The van der Waals surface area contributed by atoms with Crippen molar-refractivity contribution in [3.63, 3.8) is 0 Å². The normalized spacial score (nSPS) is 10.4. The zero-order valence-electron chi connectivity index (χ0n) is 29.2. The molecule has 4 aromatic heterocycles. The van der Waals surface area contributed by atoms with Crippen LogP contribution < -0.4 is 39.9 Å². The lowest BCUT2D eigenvalue weighted by molar-refractivity contribution is -0.364. The van der Waals surface area contributed by atoms with Crippen LogP contribution in [0.3, 0.4) is 0 Å². The highest BCUT2D eigenvalue weighted by atomic mass is 35.5. The first kappa shape index (κ1) is 42.0. The van der Waals surface area contributed by atoms with Gasteiger partial charge in [-0.3, -0.25) is 4.98 Å². The molecule has 0 aliphatic heterocycles. The van der Waals surface area contributed by atoms with Crippen molar-refractivity contribution < 1.29 is 17.4 Å². The van der Waals surface area contributed by atoms with Crippen molar-refractivity contribution in [3.05, 3.63) is 153 Å². The minimum Gasteiger partial charge on any atom is -1.00 e. The topological polar surface area (TPSA) is 169 Å². The van der Waals surface area contributed by atoms with Crippen molar-refractivity contribution in [1.82, 2.24) is 24.9 Å². The molecule has 0 saturated carbocycles. The van der Waals surface area contributed by atoms with E-state index in [2.05, 4.69) is 36.3 Å². The van der Waals surface area contributed by atoms with Gasteiger partial charge in [0.2, 0.25) is 18.0 Å². The molecule has 0 atom stereocenters. The van der Waals surface area contributed by atoms with E-state index in [9.17, 15) is 0 Å². The van der Waals surface area contributed by atoms with E-state index < -0.39 is 0 Å². The van der Waals surface area contributed by atoms with Gasteiger partial charge in [0.05, 0.1) is 38.5 Å².